The van der Waals surface area contributed by atoms with E-state index in [1.54, 1.807) is 0 Å². The van der Waals surface area contributed by atoms with Gasteiger partial charge in [0.1, 0.15) is 0 Å². The van der Waals surface area contributed by atoms with Gasteiger partial charge in [0.2, 0.25) is 0 Å². The number of likely N-dealkylation sites (tertiary alicyclic amines) is 1. The number of rotatable bonds is 1. The highest BCUT2D eigenvalue weighted by molar-refractivity contribution is 5.35. The number of nitrogens with zero attached hydrogens (tertiary/aromatic N) is 2. The normalized spacial score (nSPS) is 30.8. The van der Waals surface area contributed by atoms with E-state index in [1.807, 2.05) is 6.20 Å². The van der Waals surface area contributed by atoms with Gasteiger partial charge in [-0.3, -0.25) is 9.88 Å². The first-order valence-corrected chi connectivity index (χ1v) is 5.09. The second kappa shape index (κ2) is 2.55. The number of fused-ring (bicyclic) bond motifs is 5. The fourth-order valence-electron chi connectivity index (χ4n) is 2.82. The molecular weight excluding hydrogens is 160 g/mol. The lowest BCUT2D eigenvalue weighted by atomic mass is 10.0. The molecule has 13 heavy (non-hydrogen) atoms. The van der Waals surface area contributed by atoms with Crippen LogP contribution in [0.25, 0.3) is 0 Å². The maximum atomic E-state index is 4.50. The molecule has 1 fully saturated rings. The van der Waals surface area contributed by atoms with E-state index in [2.05, 4.69) is 28.9 Å². The average Bonchev–Trinajstić information content (AvgIpc) is 2.75. The second-order valence-corrected chi connectivity index (χ2v) is 4.01. The largest absolute Gasteiger partial charge is 0.294 e. The van der Waals surface area contributed by atoms with E-state index in [1.165, 1.54) is 24.2 Å². The Morgan fingerprint density at radius 2 is 2.54 bits per heavy atom. The summed E-state index contributed by atoms with van der Waals surface area (Å²) >= 11 is 0. The molecule has 2 bridgehead atoms. The van der Waals surface area contributed by atoms with Crippen molar-refractivity contribution < 1.29 is 0 Å². The average molecular weight is 174 g/mol. The standard InChI is InChI=1S/C11H14N2/c1-2-13-7-8-6-10(13)11-9(8)4-3-5-12-11/h3-5,8,10H,2,6-7H2,1H3. The van der Waals surface area contributed by atoms with Crippen molar-refractivity contribution in [3.05, 3.63) is 29.6 Å². The smallest absolute Gasteiger partial charge is 0.0610 e. The van der Waals surface area contributed by atoms with E-state index in [4.69, 9.17) is 0 Å². The van der Waals surface area contributed by atoms with Crippen molar-refractivity contribution in [2.45, 2.75) is 25.3 Å². The molecule has 2 aliphatic rings. The molecule has 0 N–H and O–H groups in total. The lowest BCUT2D eigenvalue weighted by Gasteiger charge is -2.26. The van der Waals surface area contributed by atoms with Crippen molar-refractivity contribution in [2.75, 3.05) is 13.1 Å². The molecule has 2 atom stereocenters. The van der Waals surface area contributed by atoms with Crippen LogP contribution >= 0.6 is 0 Å². The summed E-state index contributed by atoms with van der Waals surface area (Å²) < 4.78 is 0. The highest BCUT2D eigenvalue weighted by atomic mass is 15.2. The predicted molar refractivity (Wildman–Crippen MR) is 51.6 cm³/mol. The Labute approximate surface area is 78.6 Å². The number of likely N-dealkylation sites (N-methyl/N-ethyl adjacent to an activating group) is 1. The quantitative estimate of drug-likeness (QED) is 0.647. The molecule has 2 heteroatoms. The molecular formula is C11H14N2. The number of aromatic nitrogens is 1. The van der Waals surface area contributed by atoms with Gasteiger partial charge < -0.3 is 0 Å². The molecule has 0 amide bonds. The van der Waals surface area contributed by atoms with Crippen molar-refractivity contribution in [1.29, 1.82) is 0 Å². The molecule has 3 rings (SSSR count). The summed E-state index contributed by atoms with van der Waals surface area (Å²) in [4.78, 5) is 7.04. The van der Waals surface area contributed by atoms with E-state index >= 15 is 0 Å². The van der Waals surface area contributed by atoms with Crippen LogP contribution in [-0.4, -0.2) is 23.0 Å². The molecule has 2 nitrogen and oxygen atoms in total. The van der Waals surface area contributed by atoms with Crippen LogP contribution in [0.15, 0.2) is 18.3 Å². The Morgan fingerprint density at radius 1 is 1.62 bits per heavy atom. The van der Waals surface area contributed by atoms with Gasteiger partial charge in [-0.15, -0.1) is 0 Å². The molecule has 1 aromatic rings. The van der Waals surface area contributed by atoms with Gasteiger partial charge in [-0.2, -0.15) is 0 Å². The lowest BCUT2D eigenvalue weighted by molar-refractivity contribution is 0.257. The Hall–Kier alpha value is -0.890. The van der Waals surface area contributed by atoms with Crippen molar-refractivity contribution >= 4 is 0 Å². The number of pyridine rings is 1. The zero-order chi connectivity index (χ0) is 8.84. The lowest BCUT2D eigenvalue weighted by Crippen LogP contribution is -2.27. The maximum absolute atomic E-state index is 4.50. The van der Waals surface area contributed by atoms with Crippen molar-refractivity contribution in [3.63, 3.8) is 0 Å². The summed E-state index contributed by atoms with van der Waals surface area (Å²) in [6, 6.07) is 4.95. The molecule has 0 aromatic carbocycles. The van der Waals surface area contributed by atoms with E-state index in [-0.39, 0.29) is 0 Å². The molecule has 1 aliphatic carbocycles. The zero-order valence-corrected chi connectivity index (χ0v) is 7.90. The van der Waals surface area contributed by atoms with E-state index in [9.17, 15) is 0 Å². The number of hydrogen-bond acceptors (Lipinski definition) is 2. The third-order valence-corrected chi connectivity index (χ3v) is 3.44. The Kier molecular flexibility index (Phi) is 1.47. The van der Waals surface area contributed by atoms with Gasteiger partial charge in [-0.05, 0) is 24.6 Å². The highest BCUT2D eigenvalue weighted by Crippen LogP contribution is 2.48. The van der Waals surface area contributed by atoms with Gasteiger partial charge in [0, 0.05) is 18.7 Å². The highest BCUT2D eigenvalue weighted by Gasteiger charge is 2.42. The van der Waals surface area contributed by atoms with Gasteiger partial charge in [0.15, 0.2) is 0 Å². The Bertz CT molecular complexity index is 333. The topological polar surface area (TPSA) is 16.1 Å². The van der Waals surface area contributed by atoms with Gasteiger partial charge in [-0.25, -0.2) is 0 Å². The zero-order valence-electron chi connectivity index (χ0n) is 7.90. The van der Waals surface area contributed by atoms with E-state index in [0.29, 0.717) is 6.04 Å². The summed E-state index contributed by atoms with van der Waals surface area (Å²) in [5.74, 6) is 0.772. The van der Waals surface area contributed by atoms with Crippen LogP contribution in [0.4, 0.5) is 0 Å². The molecule has 0 spiro atoms. The minimum Gasteiger partial charge on any atom is -0.294 e. The molecule has 0 saturated carbocycles. The van der Waals surface area contributed by atoms with Crippen LogP contribution in [-0.2, 0) is 0 Å². The van der Waals surface area contributed by atoms with Crippen LogP contribution in [0.1, 0.15) is 36.6 Å². The summed E-state index contributed by atoms with van der Waals surface area (Å²) in [5, 5.41) is 0. The predicted octanol–water partition coefficient (Wildman–Crippen LogP) is 1.95. The van der Waals surface area contributed by atoms with E-state index in [0.717, 1.165) is 12.5 Å². The molecule has 2 heterocycles. The molecule has 1 aliphatic heterocycles. The van der Waals surface area contributed by atoms with Crippen molar-refractivity contribution in [3.8, 4) is 0 Å². The molecule has 1 aromatic heterocycles. The second-order valence-electron chi connectivity index (χ2n) is 4.01. The first-order chi connectivity index (χ1) is 6.40. The van der Waals surface area contributed by atoms with Gasteiger partial charge in [0.25, 0.3) is 0 Å². The summed E-state index contributed by atoms with van der Waals surface area (Å²) in [5.41, 5.74) is 2.86. The Balaban J connectivity index is 2.07. The monoisotopic (exact) mass is 174 g/mol. The fraction of sp³-hybridized carbons (Fsp3) is 0.545. The summed E-state index contributed by atoms with van der Waals surface area (Å²) in [7, 11) is 0. The third-order valence-electron chi connectivity index (χ3n) is 3.44. The van der Waals surface area contributed by atoms with Crippen molar-refractivity contribution in [1.82, 2.24) is 9.88 Å². The molecule has 1 saturated heterocycles. The fourth-order valence-corrected chi connectivity index (χ4v) is 2.82. The van der Waals surface area contributed by atoms with Crippen molar-refractivity contribution in [2.24, 2.45) is 0 Å². The SMILES string of the molecule is CCN1CC2CC1c1ncccc12. The maximum Gasteiger partial charge on any atom is 0.0610 e. The first kappa shape index (κ1) is 7.51. The summed E-state index contributed by atoms with van der Waals surface area (Å²) in [6.45, 7) is 4.65. The summed E-state index contributed by atoms with van der Waals surface area (Å²) in [6.07, 6.45) is 3.23. The third kappa shape index (κ3) is 0.894. The molecule has 0 radical (unpaired) electrons. The van der Waals surface area contributed by atoms with Gasteiger partial charge in [0.05, 0.1) is 11.7 Å². The number of hydrogen-bond donors (Lipinski definition) is 0. The van der Waals surface area contributed by atoms with Gasteiger partial charge in [-0.1, -0.05) is 13.0 Å². The van der Waals surface area contributed by atoms with Crippen LogP contribution in [0.5, 0.6) is 0 Å². The van der Waals surface area contributed by atoms with Crippen LogP contribution in [0, 0.1) is 0 Å². The minimum absolute atomic E-state index is 0.631. The molecule has 2 unspecified atom stereocenters. The van der Waals surface area contributed by atoms with Crippen LogP contribution < -0.4 is 0 Å². The van der Waals surface area contributed by atoms with Crippen LogP contribution in [0.3, 0.4) is 0 Å². The Morgan fingerprint density at radius 3 is 3.38 bits per heavy atom. The molecule has 68 valence electrons. The minimum atomic E-state index is 0.631. The van der Waals surface area contributed by atoms with Crippen LogP contribution in [0.2, 0.25) is 0 Å². The van der Waals surface area contributed by atoms with Gasteiger partial charge >= 0.3 is 0 Å². The van der Waals surface area contributed by atoms with E-state index < -0.39 is 0 Å². The first-order valence-electron chi connectivity index (χ1n) is 5.09.